The predicted molar refractivity (Wildman–Crippen MR) is 98.2 cm³/mol. The van der Waals surface area contributed by atoms with Gasteiger partial charge in [0, 0.05) is 17.9 Å². The number of hydrogen-bond donors (Lipinski definition) is 2. The predicted octanol–water partition coefficient (Wildman–Crippen LogP) is 5.81. The second-order valence-electron chi connectivity index (χ2n) is 6.90. The molecule has 0 spiro atoms. The molecule has 0 aliphatic carbocycles. The zero-order valence-corrected chi connectivity index (χ0v) is 15.1. The van der Waals surface area contributed by atoms with Crippen molar-refractivity contribution in [3.8, 4) is 0 Å². The van der Waals surface area contributed by atoms with Crippen molar-refractivity contribution in [2.75, 3.05) is 17.2 Å². The van der Waals surface area contributed by atoms with Crippen LogP contribution in [0.4, 0.5) is 16.2 Å². The van der Waals surface area contributed by atoms with Gasteiger partial charge in [0.1, 0.15) is 5.60 Å². The number of rotatable bonds is 9. The van der Waals surface area contributed by atoms with E-state index in [1.54, 1.807) is 0 Å². The lowest BCUT2D eigenvalue weighted by atomic mass is 10.1. The van der Waals surface area contributed by atoms with Crippen molar-refractivity contribution < 1.29 is 9.53 Å². The number of benzene rings is 1. The van der Waals surface area contributed by atoms with E-state index in [2.05, 4.69) is 17.6 Å². The average molecular weight is 320 g/mol. The van der Waals surface area contributed by atoms with Crippen LogP contribution >= 0.6 is 0 Å². The summed E-state index contributed by atoms with van der Waals surface area (Å²) in [7, 11) is 0. The number of carbonyl (C=O) groups is 1. The number of amides is 1. The minimum atomic E-state index is -0.488. The van der Waals surface area contributed by atoms with Gasteiger partial charge < -0.3 is 10.1 Å². The molecule has 1 amide bonds. The molecule has 0 aliphatic rings. The third-order valence-electron chi connectivity index (χ3n) is 3.37. The first-order valence-corrected chi connectivity index (χ1v) is 8.74. The van der Waals surface area contributed by atoms with Crippen LogP contribution in [-0.4, -0.2) is 18.2 Å². The van der Waals surface area contributed by atoms with Gasteiger partial charge in [-0.25, -0.2) is 4.79 Å². The highest BCUT2D eigenvalue weighted by Gasteiger charge is 2.16. The Hall–Kier alpha value is -1.71. The number of hydrogen-bond acceptors (Lipinski definition) is 3. The van der Waals surface area contributed by atoms with Gasteiger partial charge in [0.15, 0.2) is 0 Å². The highest BCUT2D eigenvalue weighted by atomic mass is 16.6. The largest absolute Gasteiger partial charge is 0.444 e. The van der Waals surface area contributed by atoms with Crippen LogP contribution in [0.15, 0.2) is 24.3 Å². The van der Waals surface area contributed by atoms with E-state index in [9.17, 15) is 4.79 Å². The highest BCUT2D eigenvalue weighted by molar-refractivity contribution is 5.85. The van der Waals surface area contributed by atoms with E-state index in [1.165, 1.54) is 38.5 Å². The minimum absolute atomic E-state index is 0.425. The van der Waals surface area contributed by atoms with Crippen LogP contribution in [0, 0.1) is 0 Å². The molecule has 1 aromatic carbocycles. The molecule has 0 saturated heterocycles. The SMILES string of the molecule is CCCCCCCCNc1cccc(NC(=O)OC(C)(C)C)c1. The first kappa shape index (κ1) is 19.3. The molecule has 130 valence electrons. The second kappa shape index (κ2) is 10.1. The van der Waals surface area contributed by atoms with E-state index in [0.717, 1.165) is 17.9 Å². The zero-order valence-electron chi connectivity index (χ0n) is 15.1. The van der Waals surface area contributed by atoms with Gasteiger partial charge in [0.2, 0.25) is 0 Å². The third kappa shape index (κ3) is 9.82. The lowest BCUT2D eigenvalue weighted by Gasteiger charge is -2.19. The standard InChI is InChI=1S/C19H32N2O2/c1-5-6-7-8-9-10-14-20-16-12-11-13-17(15-16)21-18(22)23-19(2,3)4/h11-13,15,20H,5-10,14H2,1-4H3,(H,21,22). The number of carbonyl (C=O) groups excluding carboxylic acids is 1. The van der Waals surface area contributed by atoms with Crippen molar-refractivity contribution >= 4 is 17.5 Å². The van der Waals surface area contributed by atoms with Gasteiger partial charge in [-0.1, -0.05) is 45.1 Å². The van der Waals surface area contributed by atoms with Crippen LogP contribution in [0.1, 0.15) is 66.2 Å². The molecule has 0 heterocycles. The molecular weight excluding hydrogens is 288 g/mol. The summed E-state index contributed by atoms with van der Waals surface area (Å²) in [5.41, 5.74) is 1.27. The maximum absolute atomic E-state index is 11.8. The number of anilines is 2. The second-order valence-corrected chi connectivity index (χ2v) is 6.90. The topological polar surface area (TPSA) is 50.4 Å². The van der Waals surface area contributed by atoms with Gasteiger partial charge in [0.05, 0.1) is 0 Å². The summed E-state index contributed by atoms with van der Waals surface area (Å²) in [6.45, 7) is 8.75. The van der Waals surface area contributed by atoms with Gasteiger partial charge in [-0.15, -0.1) is 0 Å². The number of nitrogens with one attached hydrogen (secondary N) is 2. The molecule has 0 radical (unpaired) electrons. The van der Waals surface area contributed by atoms with Crippen molar-refractivity contribution in [2.24, 2.45) is 0 Å². The highest BCUT2D eigenvalue weighted by Crippen LogP contribution is 2.17. The van der Waals surface area contributed by atoms with E-state index in [-0.39, 0.29) is 0 Å². The van der Waals surface area contributed by atoms with Crippen LogP contribution in [-0.2, 0) is 4.74 Å². The van der Waals surface area contributed by atoms with E-state index in [0.29, 0.717) is 0 Å². The smallest absolute Gasteiger partial charge is 0.412 e. The molecular formula is C19H32N2O2. The molecule has 4 heteroatoms. The first-order chi connectivity index (χ1) is 10.9. The first-order valence-electron chi connectivity index (χ1n) is 8.74. The van der Waals surface area contributed by atoms with Crippen LogP contribution in [0.2, 0.25) is 0 Å². The maximum Gasteiger partial charge on any atom is 0.412 e. The van der Waals surface area contributed by atoms with Gasteiger partial charge in [-0.2, -0.15) is 0 Å². The Morgan fingerprint density at radius 3 is 2.39 bits per heavy atom. The van der Waals surface area contributed by atoms with Crippen molar-refractivity contribution in [3.63, 3.8) is 0 Å². The lowest BCUT2D eigenvalue weighted by molar-refractivity contribution is 0.0636. The normalized spacial score (nSPS) is 11.1. The Balaban J connectivity index is 2.31. The van der Waals surface area contributed by atoms with Crippen molar-refractivity contribution in [3.05, 3.63) is 24.3 Å². The van der Waals surface area contributed by atoms with Gasteiger partial charge >= 0.3 is 6.09 Å². The Morgan fingerprint density at radius 2 is 1.70 bits per heavy atom. The van der Waals surface area contributed by atoms with Crippen LogP contribution in [0.5, 0.6) is 0 Å². The van der Waals surface area contributed by atoms with Gasteiger partial charge in [0.25, 0.3) is 0 Å². The zero-order chi connectivity index (χ0) is 17.1. The molecule has 0 aromatic heterocycles. The van der Waals surface area contributed by atoms with Crippen molar-refractivity contribution in [2.45, 2.75) is 71.8 Å². The molecule has 1 aromatic rings. The Bertz CT molecular complexity index is 467. The summed E-state index contributed by atoms with van der Waals surface area (Å²) in [6, 6.07) is 7.73. The molecule has 23 heavy (non-hydrogen) atoms. The molecule has 0 bridgehead atoms. The van der Waals surface area contributed by atoms with Gasteiger partial charge in [-0.3, -0.25) is 5.32 Å². The fourth-order valence-corrected chi connectivity index (χ4v) is 2.27. The molecule has 0 aliphatic heterocycles. The lowest BCUT2D eigenvalue weighted by Crippen LogP contribution is -2.27. The minimum Gasteiger partial charge on any atom is -0.444 e. The molecule has 0 unspecified atom stereocenters. The Morgan fingerprint density at radius 1 is 1.04 bits per heavy atom. The van der Waals surface area contributed by atoms with Crippen LogP contribution < -0.4 is 10.6 Å². The third-order valence-corrected chi connectivity index (χ3v) is 3.37. The summed E-state index contributed by atoms with van der Waals surface area (Å²) < 4.78 is 5.26. The molecule has 0 atom stereocenters. The van der Waals surface area contributed by atoms with Crippen molar-refractivity contribution in [1.29, 1.82) is 0 Å². The fraction of sp³-hybridized carbons (Fsp3) is 0.632. The fourth-order valence-electron chi connectivity index (χ4n) is 2.27. The Labute approximate surface area is 141 Å². The maximum atomic E-state index is 11.8. The van der Waals surface area contributed by atoms with Gasteiger partial charge in [-0.05, 0) is 45.4 Å². The quantitative estimate of drug-likeness (QED) is 0.565. The molecule has 1 rings (SSSR count). The average Bonchev–Trinajstić information content (AvgIpc) is 2.44. The van der Waals surface area contributed by atoms with E-state index >= 15 is 0 Å². The van der Waals surface area contributed by atoms with Crippen LogP contribution in [0.3, 0.4) is 0 Å². The summed E-state index contributed by atoms with van der Waals surface area (Å²) in [6.07, 6.45) is 7.30. The van der Waals surface area contributed by atoms with Crippen molar-refractivity contribution in [1.82, 2.24) is 0 Å². The van der Waals surface area contributed by atoms with E-state index < -0.39 is 11.7 Å². The van der Waals surface area contributed by atoms with E-state index in [4.69, 9.17) is 4.74 Å². The molecule has 4 nitrogen and oxygen atoms in total. The summed E-state index contributed by atoms with van der Waals surface area (Å²) in [5, 5.41) is 6.17. The summed E-state index contributed by atoms with van der Waals surface area (Å²) in [4.78, 5) is 11.8. The van der Waals surface area contributed by atoms with Crippen LogP contribution in [0.25, 0.3) is 0 Å². The summed E-state index contributed by atoms with van der Waals surface area (Å²) in [5.74, 6) is 0. The number of ether oxygens (including phenoxy) is 1. The van der Waals surface area contributed by atoms with E-state index in [1.807, 2.05) is 45.0 Å². The summed E-state index contributed by atoms with van der Waals surface area (Å²) >= 11 is 0. The number of unbranched alkanes of at least 4 members (excludes halogenated alkanes) is 5. The molecule has 2 N–H and O–H groups in total. The molecule has 0 saturated carbocycles. The Kier molecular flexibility index (Phi) is 8.52. The monoisotopic (exact) mass is 320 g/mol. The molecule has 0 fully saturated rings.